The number of rotatable bonds is 4. The molecule has 0 aliphatic carbocycles. The van der Waals surface area contributed by atoms with Crippen molar-refractivity contribution < 1.29 is 44.3 Å². The molecule has 0 bridgehead atoms. The van der Waals surface area contributed by atoms with Gasteiger partial charge in [0.05, 0.1) is 0 Å². The number of hydrogen-bond donors (Lipinski definition) is 4. The summed E-state index contributed by atoms with van der Waals surface area (Å²) in [4.78, 5) is 38.0. The van der Waals surface area contributed by atoms with E-state index < -0.39 is 24.2 Å². The molecule has 0 radical (unpaired) electrons. The van der Waals surface area contributed by atoms with Gasteiger partial charge in [-0.15, -0.1) is 0 Å². The predicted molar refractivity (Wildman–Crippen MR) is 46.3 cm³/mol. The van der Waals surface area contributed by atoms with Crippen molar-refractivity contribution in [3.05, 3.63) is 0 Å². The highest BCUT2D eigenvalue weighted by Gasteiger charge is 2.01. The number of carboxylic acids is 2. The van der Waals surface area contributed by atoms with Crippen LogP contribution in [0.15, 0.2) is 0 Å². The first-order valence-corrected chi connectivity index (χ1v) is 3.83. The Morgan fingerprint density at radius 1 is 0.750 bits per heavy atom. The topological polar surface area (TPSA) is 158 Å². The molecule has 0 heterocycles. The molecule has 0 saturated carbocycles. The zero-order chi connectivity index (χ0) is 13.1. The molecule has 16 heavy (non-hydrogen) atoms. The van der Waals surface area contributed by atoms with Crippen LogP contribution in [-0.2, 0) is 14.3 Å². The van der Waals surface area contributed by atoms with Crippen molar-refractivity contribution in [2.45, 2.75) is 19.3 Å². The van der Waals surface area contributed by atoms with Crippen molar-refractivity contribution in [2.75, 3.05) is 0 Å². The molecule has 0 atom stereocenters. The molecule has 0 aliphatic heterocycles. The number of aliphatic carboxylic acids is 2. The molecular weight excluding hydrogens is 228 g/mol. The standard InChI is InChI=1S/C5H8O4.C2H2O5/c6-4(7)2-1-3-5(8)9;3-1(4)7-2(5)6/h1-3H2,(H,6,7)(H,8,9);(H,3,4)(H,5,6). The van der Waals surface area contributed by atoms with Gasteiger partial charge in [-0.05, 0) is 6.42 Å². The monoisotopic (exact) mass is 238 g/mol. The molecule has 0 fully saturated rings. The first-order valence-electron chi connectivity index (χ1n) is 3.83. The zero-order valence-corrected chi connectivity index (χ0v) is 7.95. The minimum Gasteiger partial charge on any atom is -0.481 e. The van der Waals surface area contributed by atoms with Crippen molar-refractivity contribution >= 4 is 24.2 Å². The van der Waals surface area contributed by atoms with E-state index >= 15 is 0 Å². The number of ether oxygens (including phenoxy) is 1. The van der Waals surface area contributed by atoms with Crippen LogP contribution < -0.4 is 0 Å². The largest absolute Gasteiger partial charge is 0.516 e. The molecule has 4 N–H and O–H groups in total. The highest BCUT2D eigenvalue weighted by atomic mass is 16.7. The lowest BCUT2D eigenvalue weighted by atomic mass is 10.2. The third-order valence-corrected chi connectivity index (χ3v) is 0.956. The van der Waals surface area contributed by atoms with E-state index in [-0.39, 0.29) is 19.3 Å². The van der Waals surface area contributed by atoms with Gasteiger partial charge in [-0.2, -0.15) is 0 Å². The molecular formula is C7H10O9. The first kappa shape index (κ1) is 16.1. The Bertz CT molecular complexity index is 243. The van der Waals surface area contributed by atoms with Crippen molar-refractivity contribution in [1.82, 2.24) is 0 Å². The summed E-state index contributed by atoms with van der Waals surface area (Å²) in [6.45, 7) is 0. The summed E-state index contributed by atoms with van der Waals surface area (Å²) in [6, 6.07) is 0. The molecule has 9 nitrogen and oxygen atoms in total. The molecule has 0 aromatic rings. The van der Waals surface area contributed by atoms with Crippen LogP contribution in [0.1, 0.15) is 19.3 Å². The molecule has 92 valence electrons. The van der Waals surface area contributed by atoms with Crippen molar-refractivity contribution in [3.8, 4) is 0 Å². The fourth-order valence-electron chi connectivity index (χ4n) is 0.466. The van der Waals surface area contributed by atoms with Crippen molar-refractivity contribution in [3.63, 3.8) is 0 Å². The van der Waals surface area contributed by atoms with Crippen LogP contribution in [0.3, 0.4) is 0 Å². The average molecular weight is 238 g/mol. The molecule has 0 aromatic carbocycles. The van der Waals surface area contributed by atoms with Crippen molar-refractivity contribution in [2.24, 2.45) is 0 Å². The summed E-state index contributed by atoms with van der Waals surface area (Å²) in [7, 11) is 0. The number of carbonyl (C=O) groups is 4. The molecule has 0 rings (SSSR count). The SMILES string of the molecule is O=C(O)CCCC(=O)O.O=C(O)OC(=O)O. The molecule has 0 spiro atoms. The van der Waals surface area contributed by atoms with Gasteiger partial charge in [-0.25, -0.2) is 9.59 Å². The zero-order valence-electron chi connectivity index (χ0n) is 7.95. The number of hydrogen-bond acceptors (Lipinski definition) is 5. The van der Waals surface area contributed by atoms with Gasteiger partial charge < -0.3 is 25.2 Å². The Labute approximate surface area is 88.9 Å². The summed E-state index contributed by atoms with van der Waals surface area (Å²) in [5.41, 5.74) is 0. The lowest BCUT2D eigenvalue weighted by Crippen LogP contribution is -2.05. The van der Waals surface area contributed by atoms with E-state index in [1.54, 1.807) is 0 Å². The maximum atomic E-state index is 9.79. The Morgan fingerprint density at radius 3 is 1.19 bits per heavy atom. The Morgan fingerprint density at radius 2 is 1.06 bits per heavy atom. The van der Waals surface area contributed by atoms with Gasteiger partial charge in [0.15, 0.2) is 0 Å². The van der Waals surface area contributed by atoms with E-state index in [0.29, 0.717) is 0 Å². The van der Waals surface area contributed by atoms with Crippen LogP contribution in [-0.4, -0.2) is 44.7 Å². The maximum absolute atomic E-state index is 9.79. The normalized spacial score (nSPS) is 8.25. The lowest BCUT2D eigenvalue weighted by molar-refractivity contribution is -0.138. The van der Waals surface area contributed by atoms with E-state index in [1.807, 2.05) is 0 Å². The van der Waals surface area contributed by atoms with Crippen LogP contribution in [0.2, 0.25) is 0 Å². The van der Waals surface area contributed by atoms with E-state index in [2.05, 4.69) is 4.74 Å². The minimum absolute atomic E-state index is 0.0632. The summed E-state index contributed by atoms with van der Waals surface area (Å²) in [5.74, 6) is -1.90. The second-order valence-corrected chi connectivity index (χ2v) is 2.27. The summed E-state index contributed by atoms with van der Waals surface area (Å²) < 4.78 is 3.08. The van der Waals surface area contributed by atoms with E-state index in [9.17, 15) is 19.2 Å². The van der Waals surface area contributed by atoms with Gasteiger partial charge in [0, 0.05) is 12.8 Å². The Hall–Kier alpha value is -2.32. The molecule has 0 aliphatic rings. The average Bonchev–Trinajstić information content (AvgIpc) is 2.00. The number of carboxylic acid groups (broad SMARTS) is 4. The fraction of sp³-hybridized carbons (Fsp3) is 0.429. The summed E-state index contributed by atoms with van der Waals surface area (Å²) in [5, 5.41) is 31.0. The van der Waals surface area contributed by atoms with E-state index in [1.165, 1.54) is 0 Å². The van der Waals surface area contributed by atoms with Crippen LogP contribution in [0, 0.1) is 0 Å². The molecule has 0 unspecified atom stereocenters. The maximum Gasteiger partial charge on any atom is 0.516 e. The van der Waals surface area contributed by atoms with Gasteiger partial charge in [-0.1, -0.05) is 0 Å². The Kier molecular flexibility index (Phi) is 9.31. The molecule has 0 aromatic heterocycles. The second kappa shape index (κ2) is 9.24. The van der Waals surface area contributed by atoms with Gasteiger partial charge in [0.2, 0.25) is 0 Å². The minimum atomic E-state index is -1.81. The predicted octanol–water partition coefficient (Wildman–Crippen LogP) is 0.685. The molecule has 9 heteroatoms. The van der Waals surface area contributed by atoms with Gasteiger partial charge in [0.1, 0.15) is 0 Å². The molecule has 0 saturated heterocycles. The van der Waals surface area contributed by atoms with Gasteiger partial charge in [0.25, 0.3) is 0 Å². The van der Waals surface area contributed by atoms with E-state index in [0.717, 1.165) is 0 Å². The van der Waals surface area contributed by atoms with Gasteiger partial charge >= 0.3 is 24.2 Å². The van der Waals surface area contributed by atoms with Crippen molar-refractivity contribution in [1.29, 1.82) is 0 Å². The third kappa shape index (κ3) is 22.6. The second-order valence-electron chi connectivity index (χ2n) is 2.27. The first-order chi connectivity index (χ1) is 7.25. The highest BCUT2D eigenvalue weighted by molar-refractivity contribution is 5.74. The van der Waals surface area contributed by atoms with Crippen LogP contribution >= 0.6 is 0 Å². The lowest BCUT2D eigenvalue weighted by Gasteiger charge is -1.89. The van der Waals surface area contributed by atoms with Crippen LogP contribution in [0.25, 0.3) is 0 Å². The third-order valence-electron chi connectivity index (χ3n) is 0.956. The summed E-state index contributed by atoms with van der Waals surface area (Å²) >= 11 is 0. The quantitative estimate of drug-likeness (QED) is 0.408. The molecule has 0 amide bonds. The smallest absolute Gasteiger partial charge is 0.481 e. The Balaban J connectivity index is 0. The highest BCUT2D eigenvalue weighted by Crippen LogP contribution is 1.93. The fourth-order valence-corrected chi connectivity index (χ4v) is 0.466. The van der Waals surface area contributed by atoms with E-state index in [4.69, 9.17) is 20.4 Å². The summed E-state index contributed by atoms with van der Waals surface area (Å²) in [6.07, 6.45) is -3.54. The van der Waals surface area contributed by atoms with Crippen LogP contribution in [0.5, 0.6) is 0 Å². The van der Waals surface area contributed by atoms with Gasteiger partial charge in [-0.3, -0.25) is 9.59 Å². The van der Waals surface area contributed by atoms with Crippen LogP contribution in [0.4, 0.5) is 9.59 Å².